The van der Waals surface area contributed by atoms with Crippen LogP contribution in [0, 0.1) is 0 Å². The number of hydrogen-bond donors (Lipinski definition) is 1. The molecule has 0 amide bonds. The van der Waals surface area contributed by atoms with Crippen molar-refractivity contribution in [3.8, 4) is 0 Å². The highest BCUT2D eigenvalue weighted by Crippen LogP contribution is 2.17. The van der Waals surface area contributed by atoms with Gasteiger partial charge in [0, 0.05) is 5.02 Å². The molecule has 1 aromatic rings. The van der Waals surface area contributed by atoms with Crippen molar-refractivity contribution in [1.29, 1.82) is 0 Å². The zero-order valence-electron chi connectivity index (χ0n) is 9.86. The van der Waals surface area contributed by atoms with E-state index >= 15 is 0 Å². The van der Waals surface area contributed by atoms with Crippen LogP contribution in [0.25, 0.3) is 0 Å². The second kappa shape index (κ2) is 7.30. The monoisotopic (exact) mass is 256 g/mol. The lowest BCUT2D eigenvalue weighted by Crippen LogP contribution is -2.23. The molecule has 0 heterocycles. The Bertz CT molecular complexity index is 365. The first-order valence-electron chi connectivity index (χ1n) is 5.73. The molecule has 1 atom stereocenters. The Kier molecular flexibility index (Phi) is 6.01. The Morgan fingerprint density at radius 3 is 2.76 bits per heavy atom. The summed E-state index contributed by atoms with van der Waals surface area (Å²) < 4.78 is 5.39. The van der Waals surface area contributed by atoms with Crippen molar-refractivity contribution in [2.45, 2.75) is 38.9 Å². The Morgan fingerprint density at radius 1 is 1.47 bits per heavy atom. The van der Waals surface area contributed by atoms with E-state index in [2.05, 4.69) is 0 Å². The summed E-state index contributed by atoms with van der Waals surface area (Å²) in [7, 11) is 0. The van der Waals surface area contributed by atoms with Gasteiger partial charge >= 0.3 is 5.97 Å². The van der Waals surface area contributed by atoms with Crippen molar-refractivity contribution in [2.75, 3.05) is 0 Å². The number of ether oxygens (including phenoxy) is 1. The molecule has 1 aromatic carbocycles. The molecule has 0 spiro atoms. The zero-order valence-corrected chi connectivity index (χ0v) is 10.6. The normalized spacial score (nSPS) is 12.4. The van der Waals surface area contributed by atoms with E-state index in [0.29, 0.717) is 11.4 Å². The lowest BCUT2D eigenvalue weighted by molar-refractivity contribution is -0.151. The average Bonchev–Trinajstić information content (AvgIpc) is 2.31. The van der Waals surface area contributed by atoms with E-state index in [1.165, 1.54) is 0 Å². The number of benzene rings is 1. The fourth-order valence-electron chi connectivity index (χ4n) is 1.47. The van der Waals surface area contributed by atoms with E-state index in [0.717, 1.165) is 18.4 Å². The van der Waals surface area contributed by atoms with Gasteiger partial charge in [0.2, 0.25) is 0 Å². The molecule has 17 heavy (non-hydrogen) atoms. The maximum atomic E-state index is 11.0. The topological polar surface area (TPSA) is 46.5 Å². The predicted octanol–water partition coefficient (Wildman–Crippen LogP) is 3.50. The van der Waals surface area contributed by atoms with Gasteiger partial charge in [-0.2, -0.15) is 0 Å². The standard InChI is InChI=1S/C13H17ClO3/c1-2-3-8-12(13(15)16)17-9-10-6-4-5-7-11(10)14/h4-7,12H,2-3,8-9H2,1H3,(H,15,16). The number of hydrogen-bond acceptors (Lipinski definition) is 2. The lowest BCUT2D eigenvalue weighted by atomic mass is 10.1. The average molecular weight is 257 g/mol. The quantitative estimate of drug-likeness (QED) is 0.812. The Morgan fingerprint density at radius 2 is 2.18 bits per heavy atom. The van der Waals surface area contributed by atoms with Gasteiger partial charge in [0.1, 0.15) is 0 Å². The van der Waals surface area contributed by atoms with Gasteiger partial charge < -0.3 is 9.84 Å². The third-order valence-corrected chi connectivity index (χ3v) is 2.86. The van der Waals surface area contributed by atoms with Crippen LogP contribution in [0.5, 0.6) is 0 Å². The molecule has 0 aromatic heterocycles. The summed E-state index contributed by atoms with van der Waals surface area (Å²) >= 11 is 5.96. The summed E-state index contributed by atoms with van der Waals surface area (Å²) in [5.74, 6) is -0.912. The third-order valence-electron chi connectivity index (χ3n) is 2.49. The highest BCUT2D eigenvalue weighted by molar-refractivity contribution is 6.31. The number of unbranched alkanes of at least 4 members (excludes halogenated alkanes) is 1. The molecule has 0 saturated carbocycles. The van der Waals surface area contributed by atoms with Crippen LogP contribution < -0.4 is 0 Å². The molecule has 1 rings (SSSR count). The highest BCUT2D eigenvalue weighted by atomic mass is 35.5. The fourth-order valence-corrected chi connectivity index (χ4v) is 1.66. The van der Waals surface area contributed by atoms with Gasteiger partial charge in [-0.3, -0.25) is 0 Å². The van der Waals surface area contributed by atoms with Crippen LogP contribution >= 0.6 is 11.6 Å². The molecule has 0 bridgehead atoms. The maximum Gasteiger partial charge on any atom is 0.332 e. The second-order valence-electron chi connectivity index (χ2n) is 3.87. The van der Waals surface area contributed by atoms with Gasteiger partial charge in [-0.15, -0.1) is 0 Å². The first kappa shape index (κ1) is 14.0. The minimum atomic E-state index is -0.912. The number of halogens is 1. The van der Waals surface area contributed by atoms with E-state index in [1.54, 1.807) is 6.07 Å². The first-order valence-corrected chi connectivity index (χ1v) is 6.10. The Hall–Kier alpha value is -1.06. The van der Waals surface area contributed by atoms with Crippen molar-refractivity contribution in [1.82, 2.24) is 0 Å². The summed E-state index contributed by atoms with van der Waals surface area (Å²) in [5, 5.41) is 9.59. The number of carboxylic acid groups (broad SMARTS) is 1. The highest BCUT2D eigenvalue weighted by Gasteiger charge is 2.17. The molecule has 94 valence electrons. The zero-order chi connectivity index (χ0) is 12.7. The van der Waals surface area contributed by atoms with E-state index in [1.807, 2.05) is 25.1 Å². The van der Waals surface area contributed by atoms with Gasteiger partial charge in [0.15, 0.2) is 6.10 Å². The largest absolute Gasteiger partial charge is 0.479 e. The van der Waals surface area contributed by atoms with Crippen LogP contribution in [-0.2, 0) is 16.1 Å². The van der Waals surface area contributed by atoms with Crippen molar-refractivity contribution >= 4 is 17.6 Å². The number of rotatable bonds is 7. The Balaban J connectivity index is 2.52. The van der Waals surface area contributed by atoms with Gasteiger partial charge in [-0.25, -0.2) is 4.79 Å². The molecule has 0 fully saturated rings. The maximum absolute atomic E-state index is 11.0. The van der Waals surface area contributed by atoms with Crippen molar-refractivity contribution in [3.05, 3.63) is 34.9 Å². The van der Waals surface area contributed by atoms with Crippen molar-refractivity contribution < 1.29 is 14.6 Å². The van der Waals surface area contributed by atoms with Gasteiger partial charge in [-0.05, 0) is 18.1 Å². The van der Waals surface area contributed by atoms with Crippen LogP contribution in [0.15, 0.2) is 24.3 Å². The van der Waals surface area contributed by atoms with Crippen LogP contribution in [0.3, 0.4) is 0 Å². The molecule has 0 saturated heterocycles. The Labute approximate surface area is 106 Å². The molecule has 0 aliphatic rings. The van der Waals surface area contributed by atoms with Crippen LogP contribution in [0.4, 0.5) is 0 Å². The van der Waals surface area contributed by atoms with E-state index in [-0.39, 0.29) is 6.61 Å². The second-order valence-corrected chi connectivity index (χ2v) is 4.28. The van der Waals surface area contributed by atoms with Crippen molar-refractivity contribution in [3.63, 3.8) is 0 Å². The van der Waals surface area contributed by atoms with Crippen molar-refractivity contribution in [2.24, 2.45) is 0 Å². The molecule has 0 aliphatic carbocycles. The fraction of sp³-hybridized carbons (Fsp3) is 0.462. The summed E-state index contributed by atoms with van der Waals surface area (Å²) in [4.78, 5) is 11.0. The molecule has 1 unspecified atom stereocenters. The smallest absolute Gasteiger partial charge is 0.332 e. The molecule has 4 heteroatoms. The van der Waals surface area contributed by atoms with Crippen LogP contribution in [-0.4, -0.2) is 17.2 Å². The first-order chi connectivity index (χ1) is 8.15. The molecule has 0 aliphatic heterocycles. The molecular formula is C13H17ClO3. The minimum Gasteiger partial charge on any atom is -0.479 e. The minimum absolute atomic E-state index is 0.236. The third kappa shape index (κ3) is 4.75. The van der Waals surface area contributed by atoms with Crippen LogP contribution in [0.1, 0.15) is 31.7 Å². The summed E-state index contributed by atoms with van der Waals surface area (Å²) in [6.07, 6.45) is 1.60. The SMILES string of the molecule is CCCCC(OCc1ccccc1Cl)C(=O)O. The number of aliphatic carboxylic acids is 1. The summed E-state index contributed by atoms with van der Waals surface area (Å²) in [5.41, 5.74) is 0.817. The van der Waals surface area contributed by atoms with Crippen LogP contribution in [0.2, 0.25) is 5.02 Å². The van der Waals surface area contributed by atoms with Gasteiger partial charge in [0.05, 0.1) is 6.61 Å². The lowest BCUT2D eigenvalue weighted by Gasteiger charge is -2.13. The number of carbonyl (C=O) groups is 1. The molecule has 3 nitrogen and oxygen atoms in total. The summed E-state index contributed by atoms with van der Waals surface area (Å²) in [6, 6.07) is 7.28. The summed E-state index contributed by atoms with van der Waals surface area (Å²) in [6.45, 7) is 2.26. The van der Waals surface area contributed by atoms with Gasteiger partial charge in [-0.1, -0.05) is 49.6 Å². The molecule has 1 N–H and O–H groups in total. The van der Waals surface area contributed by atoms with E-state index in [9.17, 15) is 4.79 Å². The number of carboxylic acids is 1. The van der Waals surface area contributed by atoms with E-state index < -0.39 is 12.1 Å². The molecular weight excluding hydrogens is 240 g/mol. The van der Waals surface area contributed by atoms with Gasteiger partial charge in [0.25, 0.3) is 0 Å². The van der Waals surface area contributed by atoms with E-state index in [4.69, 9.17) is 21.4 Å². The predicted molar refractivity (Wildman–Crippen MR) is 67.2 cm³/mol. The molecule has 0 radical (unpaired) electrons.